The van der Waals surface area contributed by atoms with Gasteiger partial charge in [-0.3, -0.25) is 0 Å². The molecule has 0 saturated carbocycles. The van der Waals surface area contributed by atoms with E-state index in [-0.39, 0.29) is 0 Å². The molecule has 0 unspecified atom stereocenters. The van der Waals surface area contributed by atoms with Crippen molar-refractivity contribution >= 4 is 88.5 Å². The lowest BCUT2D eigenvalue weighted by molar-refractivity contribution is 0.669. The maximum Gasteiger partial charge on any atom is 0.164 e. The van der Waals surface area contributed by atoms with Gasteiger partial charge in [-0.05, 0) is 46.5 Å². The molecule has 8 rings (SSSR count). The van der Waals surface area contributed by atoms with E-state index in [2.05, 4.69) is 118 Å². The summed E-state index contributed by atoms with van der Waals surface area (Å²) in [5.41, 5.74) is 16.0. The van der Waals surface area contributed by atoms with E-state index in [0.717, 1.165) is 44.2 Å². The maximum atomic E-state index is 6.36. The van der Waals surface area contributed by atoms with Crippen LogP contribution in [0.3, 0.4) is 0 Å². The molecule has 4 nitrogen and oxygen atoms in total. The number of nitrogens with zero attached hydrogens (tertiary/aromatic N) is 3. The lowest BCUT2D eigenvalue weighted by Gasteiger charge is -2.20. The standard InChI is InChI=1S/C39H30B5N3O/c40-32-31(33(41)35(43)36(44)34(32)42)22-11-13-24(14-12-22)38-45-37(23-9-5-2-6-10-23)46-39(47-38)26-15-17-27-28-19-25(21-7-3-1-4-8-21)16-18-29(28)48-30(27)20-26/h1-20H,40-44H2. The highest BCUT2D eigenvalue weighted by atomic mass is 16.3. The third-order valence-electron chi connectivity index (χ3n) is 9.94. The summed E-state index contributed by atoms with van der Waals surface area (Å²) in [6.45, 7) is 0. The molecule has 222 valence electrons. The van der Waals surface area contributed by atoms with Gasteiger partial charge < -0.3 is 4.42 Å². The van der Waals surface area contributed by atoms with E-state index in [1.54, 1.807) is 0 Å². The van der Waals surface area contributed by atoms with Gasteiger partial charge in [0.25, 0.3) is 0 Å². The first-order valence-corrected chi connectivity index (χ1v) is 16.4. The fourth-order valence-electron chi connectivity index (χ4n) is 6.80. The van der Waals surface area contributed by atoms with Crippen molar-refractivity contribution in [2.24, 2.45) is 0 Å². The number of fused-ring (bicyclic) bond motifs is 3. The molecular formula is C39H30B5N3O. The average molecular weight is 611 g/mol. The largest absolute Gasteiger partial charge is 0.456 e. The second-order valence-electron chi connectivity index (χ2n) is 12.6. The molecule has 0 bridgehead atoms. The van der Waals surface area contributed by atoms with Crippen LogP contribution in [0.25, 0.3) is 78.4 Å². The van der Waals surface area contributed by atoms with Crippen molar-refractivity contribution in [1.82, 2.24) is 15.0 Å². The van der Waals surface area contributed by atoms with Gasteiger partial charge in [-0.25, -0.2) is 15.0 Å². The van der Waals surface area contributed by atoms with E-state index >= 15 is 0 Å². The summed E-state index contributed by atoms with van der Waals surface area (Å²) in [4.78, 5) is 15.0. The van der Waals surface area contributed by atoms with Gasteiger partial charge in [0.2, 0.25) is 0 Å². The zero-order chi connectivity index (χ0) is 32.9. The Morgan fingerprint density at radius 1 is 0.354 bits per heavy atom. The molecule has 0 amide bonds. The Morgan fingerprint density at radius 2 is 0.833 bits per heavy atom. The van der Waals surface area contributed by atoms with E-state index in [9.17, 15) is 0 Å². The van der Waals surface area contributed by atoms with Gasteiger partial charge in [0.15, 0.2) is 17.5 Å². The van der Waals surface area contributed by atoms with Gasteiger partial charge in [-0.2, -0.15) is 0 Å². The summed E-state index contributed by atoms with van der Waals surface area (Å²) < 4.78 is 6.36. The van der Waals surface area contributed by atoms with Gasteiger partial charge >= 0.3 is 0 Å². The zero-order valence-electron chi connectivity index (χ0n) is 27.8. The van der Waals surface area contributed by atoms with Crippen LogP contribution in [0.5, 0.6) is 0 Å². The van der Waals surface area contributed by atoms with Crippen LogP contribution in [0.1, 0.15) is 0 Å². The molecular weight excluding hydrogens is 581 g/mol. The normalized spacial score (nSPS) is 11.3. The highest BCUT2D eigenvalue weighted by Gasteiger charge is 2.17. The molecule has 0 N–H and O–H groups in total. The first kappa shape index (κ1) is 29.8. The van der Waals surface area contributed by atoms with E-state index in [0.29, 0.717) is 17.5 Å². The van der Waals surface area contributed by atoms with Crippen molar-refractivity contribution in [3.63, 3.8) is 0 Å². The number of aromatic nitrogens is 3. The number of rotatable bonds is 5. The summed E-state index contributed by atoms with van der Waals surface area (Å²) in [5.74, 6) is 1.87. The van der Waals surface area contributed by atoms with E-state index in [1.807, 2.05) is 42.5 Å². The maximum absolute atomic E-state index is 6.36. The van der Waals surface area contributed by atoms with Crippen molar-refractivity contribution in [1.29, 1.82) is 0 Å². The van der Waals surface area contributed by atoms with E-state index < -0.39 is 0 Å². The third-order valence-corrected chi connectivity index (χ3v) is 9.94. The van der Waals surface area contributed by atoms with Crippen molar-refractivity contribution in [2.75, 3.05) is 0 Å². The lowest BCUT2D eigenvalue weighted by Crippen LogP contribution is -2.55. The Balaban J connectivity index is 1.22. The van der Waals surface area contributed by atoms with E-state index in [4.69, 9.17) is 19.4 Å². The minimum atomic E-state index is 0.603. The van der Waals surface area contributed by atoms with Crippen molar-refractivity contribution < 1.29 is 4.42 Å². The average Bonchev–Trinajstić information content (AvgIpc) is 3.51. The van der Waals surface area contributed by atoms with Crippen LogP contribution in [0.4, 0.5) is 0 Å². The van der Waals surface area contributed by atoms with Gasteiger partial charge in [0, 0.05) is 27.5 Å². The Hall–Kier alpha value is -5.55. The third kappa shape index (κ3) is 5.16. The Kier molecular flexibility index (Phi) is 7.41. The summed E-state index contributed by atoms with van der Waals surface area (Å²) in [5, 5.41) is 2.15. The topological polar surface area (TPSA) is 51.8 Å². The van der Waals surface area contributed by atoms with Gasteiger partial charge in [-0.15, -0.1) is 16.4 Å². The predicted octanol–water partition coefficient (Wildman–Crippen LogP) is 1.40. The monoisotopic (exact) mass is 611 g/mol. The highest BCUT2D eigenvalue weighted by molar-refractivity contribution is 6.68. The lowest BCUT2D eigenvalue weighted by atomic mass is 9.59. The van der Waals surface area contributed by atoms with Crippen molar-refractivity contribution in [2.45, 2.75) is 0 Å². The van der Waals surface area contributed by atoms with E-state index in [1.165, 1.54) is 44.0 Å². The molecule has 9 heteroatoms. The fourth-order valence-corrected chi connectivity index (χ4v) is 6.80. The minimum absolute atomic E-state index is 0.603. The quantitative estimate of drug-likeness (QED) is 0.277. The molecule has 0 aliphatic rings. The van der Waals surface area contributed by atoms with Gasteiger partial charge in [-0.1, -0.05) is 108 Å². The first-order chi connectivity index (χ1) is 23.4. The Bertz CT molecular complexity index is 2470. The molecule has 2 aromatic heterocycles. The number of benzene rings is 6. The van der Waals surface area contributed by atoms with Crippen LogP contribution in [-0.4, -0.2) is 54.2 Å². The number of hydrogen-bond acceptors (Lipinski definition) is 4. The summed E-state index contributed by atoms with van der Waals surface area (Å²) in [6, 6.07) is 41.7. The molecule has 0 aliphatic heterocycles. The number of furan rings is 1. The fraction of sp³-hybridized carbons (Fsp3) is 0. The second-order valence-corrected chi connectivity index (χ2v) is 12.6. The summed E-state index contributed by atoms with van der Waals surface area (Å²) >= 11 is 0. The SMILES string of the molecule is Bc1c(B)c(B)c(-c2ccc(-c3nc(-c4ccccc4)nc(-c4ccc5c(c4)oc4ccc(-c6ccccc6)cc45)n3)cc2)c(B)c1B. The Labute approximate surface area is 284 Å². The summed E-state index contributed by atoms with van der Waals surface area (Å²) in [6.07, 6.45) is 0. The molecule has 0 aliphatic carbocycles. The summed E-state index contributed by atoms with van der Waals surface area (Å²) in [7, 11) is 11.1. The molecule has 2 heterocycles. The van der Waals surface area contributed by atoms with Crippen LogP contribution < -0.4 is 27.3 Å². The van der Waals surface area contributed by atoms with Crippen molar-refractivity contribution in [3.8, 4) is 56.4 Å². The number of hydrogen-bond donors (Lipinski definition) is 0. The van der Waals surface area contributed by atoms with Crippen molar-refractivity contribution in [3.05, 3.63) is 121 Å². The smallest absolute Gasteiger partial charge is 0.164 e. The molecule has 0 atom stereocenters. The highest BCUT2D eigenvalue weighted by Crippen LogP contribution is 2.35. The van der Waals surface area contributed by atoms with Crippen LogP contribution >= 0.6 is 0 Å². The molecule has 48 heavy (non-hydrogen) atoms. The van der Waals surface area contributed by atoms with Crippen LogP contribution in [0, 0.1) is 0 Å². The second kappa shape index (κ2) is 11.9. The van der Waals surface area contributed by atoms with Crippen LogP contribution in [-0.2, 0) is 0 Å². The van der Waals surface area contributed by atoms with Crippen LogP contribution in [0.2, 0.25) is 0 Å². The zero-order valence-corrected chi connectivity index (χ0v) is 27.8. The first-order valence-electron chi connectivity index (χ1n) is 16.4. The molecule has 0 spiro atoms. The predicted molar refractivity (Wildman–Crippen MR) is 215 cm³/mol. The van der Waals surface area contributed by atoms with Crippen LogP contribution in [0.15, 0.2) is 126 Å². The van der Waals surface area contributed by atoms with Gasteiger partial charge in [0.05, 0.1) is 0 Å². The molecule has 0 radical (unpaired) electrons. The Morgan fingerprint density at radius 3 is 1.46 bits per heavy atom. The molecule has 8 aromatic rings. The minimum Gasteiger partial charge on any atom is -0.456 e. The molecule has 6 aromatic carbocycles. The van der Waals surface area contributed by atoms with Gasteiger partial charge in [0.1, 0.15) is 50.4 Å². The molecule has 0 saturated heterocycles. The molecule has 0 fully saturated rings.